The number of thiophene rings is 1. The second-order valence-electron chi connectivity index (χ2n) is 4.27. The van der Waals surface area contributed by atoms with Crippen LogP contribution in [0.4, 0.5) is 0 Å². The summed E-state index contributed by atoms with van der Waals surface area (Å²) in [5.41, 5.74) is 0. The van der Waals surface area contributed by atoms with Crippen LogP contribution in [-0.2, 0) is 26.4 Å². The van der Waals surface area contributed by atoms with Gasteiger partial charge < -0.3 is 0 Å². The molecule has 0 spiro atoms. The van der Waals surface area contributed by atoms with Crippen LogP contribution in [0.15, 0.2) is 50.0 Å². The number of hydrogen-bond acceptors (Lipinski definition) is 5. The van der Waals surface area contributed by atoms with Crippen LogP contribution in [0.2, 0.25) is 0 Å². The number of hydrogen-bond donors (Lipinski definition) is 1. The average Bonchev–Trinajstić information content (AvgIpc) is 2.88. The highest BCUT2D eigenvalue weighted by atomic mass is 79.9. The molecule has 0 amide bonds. The molecule has 1 aromatic heterocycles. The second-order valence-corrected chi connectivity index (χ2v) is 9.91. The van der Waals surface area contributed by atoms with Crippen molar-refractivity contribution < 1.29 is 16.8 Å². The van der Waals surface area contributed by atoms with Gasteiger partial charge in [-0.25, -0.2) is 21.6 Å². The summed E-state index contributed by atoms with van der Waals surface area (Å²) in [5, 5.41) is 1.85. The summed E-state index contributed by atoms with van der Waals surface area (Å²) in [4.78, 5) is 0.734. The topological polar surface area (TPSA) is 80.3 Å². The Balaban J connectivity index is 2.35. The van der Waals surface area contributed by atoms with E-state index in [1.54, 1.807) is 0 Å². The van der Waals surface area contributed by atoms with Crippen molar-refractivity contribution >= 4 is 47.1 Å². The van der Waals surface area contributed by atoms with E-state index in [0.29, 0.717) is 4.47 Å². The standard InChI is InChI=1S/C12H12BrNO4S3/c1-20(15,16)10-4-5-11(13)12(7-10)21(17,18)14-8-9-3-2-6-19-9/h2-7,14H,8H2,1H3. The van der Waals surface area contributed by atoms with E-state index in [2.05, 4.69) is 20.7 Å². The van der Waals surface area contributed by atoms with Crippen molar-refractivity contribution in [2.75, 3.05) is 6.26 Å². The van der Waals surface area contributed by atoms with E-state index in [0.717, 1.165) is 17.2 Å². The minimum absolute atomic E-state index is 0.0396. The molecule has 1 N–H and O–H groups in total. The maximum absolute atomic E-state index is 12.3. The molecule has 1 heterocycles. The maximum Gasteiger partial charge on any atom is 0.242 e. The van der Waals surface area contributed by atoms with Gasteiger partial charge in [-0.05, 0) is 45.6 Å². The number of sulfonamides is 1. The van der Waals surface area contributed by atoms with Crippen molar-refractivity contribution in [3.05, 3.63) is 45.1 Å². The van der Waals surface area contributed by atoms with Crippen LogP contribution in [0.3, 0.4) is 0 Å². The van der Waals surface area contributed by atoms with Crippen molar-refractivity contribution in [3.63, 3.8) is 0 Å². The lowest BCUT2D eigenvalue weighted by molar-refractivity contribution is 0.581. The minimum Gasteiger partial charge on any atom is -0.224 e. The van der Waals surface area contributed by atoms with E-state index in [9.17, 15) is 16.8 Å². The Bertz CT molecular complexity index is 843. The van der Waals surface area contributed by atoms with Crippen molar-refractivity contribution in [1.29, 1.82) is 0 Å². The lowest BCUT2D eigenvalue weighted by Gasteiger charge is -2.09. The van der Waals surface area contributed by atoms with Gasteiger partial charge >= 0.3 is 0 Å². The third kappa shape index (κ3) is 4.13. The van der Waals surface area contributed by atoms with Gasteiger partial charge in [-0.15, -0.1) is 11.3 Å². The smallest absolute Gasteiger partial charge is 0.224 e. The molecule has 2 rings (SSSR count). The molecule has 21 heavy (non-hydrogen) atoms. The summed E-state index contributed by atoms with van der Waals surface area (Å²) in [5.74, 6) is 0. The van der Waals surface area contributed by atoms with Crippen LogP contribution in [0, 0.1) is 0 Å². The molecular formula is C12H12BrNO4S3. The highest BCUT2D eigenvalue weighted by molar-refractivity contribution is 9.10. The first-order valence-corrected chi connectivity index (χ1v) is 10.8. The van der Waals surface area contributed by atoms with E-state index in [1.807, 2.05) is 17.5 Å². The van der Waals surface area contributed by atoms with E-state index >= 15 is 0 Å². The Labute approximate surface area is 136 Å². The monoisotopic (exact) mass is 409 g/mol. The number of sulfone groups is 1. The predicted molar refractivity (Wildman–Crippen MR) is 85.6 cm³/mol. The van der Waals surface area contributed by atoms with Gasteiger partial charge in [0.1, 0.15) is 0 Å². The summed E-state index contributed by atoms with van der Waals surface area (Å²) in [6.07, 6.45) is 1.03. The molecule has 0 saturated carbocycles. The molecule has 0 radical (unpaired) electrons. The molecule has 5 nitrogen and oxygen atoms in total. The zero-order valence-corrected chi connectivity index (χ0v) is 14.9. The molecule has 0 fully saturated rings. The third-order valence-electron chi connectivity index (χ3n) is 2.64. The molecule has 0 aliphatic rings. The van der Waals surface area contributed by atoms with Crippen LogP contribution >= 0.6 is 27.3 Å². The Hall–Kier alpha value is -0.740. The Morgan fingerprint density at radius 1 is 1.19 bits per heavy atom. The van der Waals surface area contributed by atoms with Crippen LogP contribution in [0.25, 0.3) is 0 Å². The quantitative estimate of drug-likeness (QED) is 0.821. The average molecular weight is 410 g/mol. The minimum atomic E-state index is -3.80. The lowest BCUT2D eigenvalue weighted by Crippen LogP contribution is -2.23. The molecule has 1 aromatic carbocycles. The first-order valence-electron chi connectivity index (χ1n) is 5.72. The van der Waals surface area contributed by atoms with Crippen molar-refractivity contribution in [2.45, 2.75) is 16.3 Å². The molecular weight excluding hydrogens is 398 g/mol. The maximum atomic E-state index is 12.3. The molecule has 2 aromatic rings. The van der Waals surface area contributed by atoms with Gasteiger partial charge in [0, 0.05) is 22.2 Å². The number of nitrogens with one attached hydrogen (secondary N) is 1. The first-order chi connectivity index (χ1) is 9.70. The SMILES string of the molecule is CS(=O)(=O)c1ccc(Br)c(S(=O)(=O)NCc2cccs2)c1. The van der Waals surface area contributed by atoms with Gasteiger partial charge in [0.25, 0.3) is 0 Å². The second kappa shape index (κ2) is 6.17. The summed E-state index contributed by atoms with van der Waals surface area (Å²) < 4.78 is 50.4. The fourth-order valence-electron chi connectivity index (χ4n) is 1.58. The third-order valence-corrected chi connectivity index (χ3v) is 7.02. The van der Waals surface area contributed by atoms with Crippen LogP contribution in [0.1, 0.15) is 4.88 Å². The fraction of sp³-hybridized carbons (Fsp3) is 0.167. The zero-order chi connectivity index (χ0) is 15.7. The summed E-state index contributed by atoms with van der Waals surface area (Å²) in [7, 11) is -7.28. The fourth-order valence-corrected chi connectivity index (χ4v) is 5.03. The summed E-state index contributed by atoms with van der Waals surface area (Å²) in [6.45, 7) is 0.162. The Kier molecular flexibility index (Phi) is 4.89. The number of benzene rings is 1. The van der Waals surface area contributed by atoms with E-state index in [1.165, 1.54) is 23.5 Å². The largest absolute Gasteiger partial charge is 0.242 e. The highest BCUT2D eigenvalue weighted by Crippen LogP contribution is 2.25. The van der Waals surface area contributed by atoms with E-state index in [4.69, 9.17) is 0 Å². The van der Waals surface area contributed by atoms with Crippen molar-refractivity contribution in [1.82, 2.24) is 4.72 Å². The molecule has 0 saturated heterocycles. The van der Waals surface area contributed by atoms with Gasteiger partial charge in [0.15, 0.2) is 9.84 Å². The van der Waals surface area contributed by atoms with Gasteiger partial charge in [0.2, 0.25) is 10.0 Å². The van der Waals surface area contributed by atoms with E-state index in [-0.39, 0.29) is 16.3 Å². The van der Waals surface area contributed by atoms with Crippen LogP contribution in [-0.4, -0.2) is 23.1 Å². The summed E-state index contributed by atoms with van der Waals surface area (Å²) >= 11 is 4.58. The summed E-state index contributed by atoms with van der Waals surface area (Å²) in [6, 6.07) is 7.56. The molecule has 0 unspecified atom stereocenters. The molecule has 114 valence electrons. The molecule has 9 heteroatoms. The van der Waals surface area contributed by atoms with Crippen LogP contribution in [0.5, 0.6) is 0 Å². The van der Waals surface area contributed by atoms with Crippen LogP contribution < -0.4 is 4.72 Å². The highest BCUT2D eigenvalue weighted by Gasteiger charge is 2.20. The van der Waals surface area contributed by atoms with Gasteiger partial charge in [-0.2, -0.15) is 0 Å². The molecule has 0 aliphatic heterocycles. The number of halogens is 1. The predicted octanol–water partition coefficient (Wildman–Crippen LogP) is 2.39. The normalized spacial score (nSPS) is 12.5. The molecule has 0 bridgehead atoms. The Morgan fingerprint density at radius 3 is 2.48 bits per heavy atom. The van der Waals surface area contributed by atoms with Gasteiger partial charge in [-0.3, -0.25) is 0 Å². The van der Waals surface area contributed by atoms with E-state index < -0.39 is 19.9 Å². The zero-order valence-electron chi connectivity index (χ0n) is 10.9. The Morgan fingerprint density at radius 2 is 1.90 bits per heavy atom. The lowest BCUT2D eigenvalue weighted by atomic mass is 10.4. The number of rotatable bonds is 5. The van der Waals surface area contributed by atoms with Gasteiger partial charge in [0.05, 0.1) is 9.79 Å². The molecule has 0 atom stereocenters. The van der Waals surface area contributed by atoms with Gasteiger partial charge in [-0.1, -0.05) is 6.07 Å². The first kappa shape index (κ1) is 16.6. The molecule has 0 aliphatic carbocycles. The van der Waals surface area contributed by atoms with Crippen molar-refractivity contribution in [2.24, 2.45) is 0 Å². The van der Waals surface area contributed by atoms with Crippen molar-refractivity contribution in [3.8, 4) is 0 Å².